The van der Waals surface area contributed by atoms with Gasteiger partial charge in [-0.3, -0.25) is 0 Å². The van der Waals surface area contributed by atoms with E-state index >= 15 is 0 Å². The van der Waals surface area contributed by atoms with Gasteiger partial charge in [0.1, 0.15) is 5.82 Å². The molecular weight excluding hydrogens is 242 g/mol. The minimum atomic E-state index is 0.706. The number of hydrogen-bond acceptors (Lipinski definition) is 3. The molecule has 0 unspecified atom stereocenters. The first-order valence-corrected chi connectivity index (χ1v) is 7.46. The van der Waals surface area contributed by atoms with Gasteiger partial charge in [-0.05, 0) is 43.4 Å². The van der Waals surface area contributed by atoms with Crippen LogP contribution in [0.15, 0.2) is 35.2 Å². The minimum absolute atomic E-state index is 0.706. The second-order valence-corrected chi connectivity index (χ2v) is 5.15. The predicted molar refractivity (Wildman–Crippen MR) is 78.4 cm³/mol. The van der Waals surface area contributed by atoms with Crippen molar-refractivity contribution in [3.8, 4) is 5.69 Å². The van der Waals surface area contributed by atoms with Crippen LogP contribution >= 0.6 is 11.8 Å². The molecule has 0 atom stereocenters. The molecule has 0 bridgehead atoms. The van der Waals surface area contributed by atoms with Crippen LogP contribution in [0.5, 0.6) is 0 Å². The lowest BCUT2D eigenvalue weighted by Crippen LogP contribution is -2.01. The van der Waals surface area contributed by atoms with E-state index in [1.807, 2.05) is 10.7 Å². The lowest BCUT2D eigenvalue weighted by atomic mass is 10.2. The molecule has 2 N–H and O–H groups in total. The molecule has 18 heavy (non-hydrogen) atoms. The highest BCUT2D eigenvalue weighted by atomic mass is 32.2. The maximum absolute atomic E-state index is 6.01. The Labute approximate surface area is 112 Å². The number of thioether (sulfide) groups is 1. The first-order chi connectivity index (χ1) is 8.74. The minimum Gasteiger partial charge on any atom is -0.384 e. The van der Waals surface area contributed by atoms with E-state index in [0.717, 1.165) is 24.2 Å². The van der Waals surface area contributed by atoms with Gasteiger partial charge in [0, 0.05) is 11.0 Å². The Kier molecular flexibility index (Phi) is 4.31. The van der Waals surface area contributed by atoms with Gasteiger partial charge < -0.3 is 5.73 Å². The number of nitrogen functional groups attached to an aromatic ring is 1. The van der Waals surface area contributed by atoms with E-state index in [4.69, 9.17) is 5.73 Å². The Morgan fingerprint density at radius 3 is 2.61 bits per heavy atom. The van der Waals surface area contributed by atoms with Crippen molar-refractivity contribution in [3.63, 3.8) is 0 Å². The molecule has 0 saturated heterocycles. The largest absolute Gasteiger partial charge is 0.384 e. The number of benzene rings is 1. The normalized spacial score (nSPS) is 10.8. The van der Waals surface area contributed by atoms with Crippen molar-refractivity contribution < 1.29 is 0 Å². The van der Waals surface area contributed by atoms with Gasteiger partial charge in [0.2, 0.25) is 0 Å². The van der Waals surface area contributed by atoms with E-state index in [1.165, 1.54) is 11.3 Å². The van der Waals surface area contributed by atoms with Crippen molar-refractivity contribution in [1.82, 2.24) is 9.78 Å². The molecule has 96 valence electrons. The summed E-state index contributed by atoms with van der Waals surface area (Å²) in [6, 6.07) is 10.3. The van der Waals surface area contributed by atoms with Crippen molar-refractivity contribution in [1.29, 1.82) is 0 Å². The average molecular weight is 261 g/mol. The third kappa shape index (κ3) is 2.88. The Morgan fingerprint density at radius 2 is 2.00 bits per heavy atom. The summed E-state index contributed by atoms with van der Waals surface area (Å²) < 4.78 is 1.81. The standard InChI is InChI=1S/C14H19N3S/c1-3-4-5-11-10-14(15)17(16-11)12-6-8-13(18-2)9-7-12/h6-10H,3-5,15H2,1-2H3. The van der Waals surface area contributed by atoms with Crippen molar-refractivity contribution in [2.75, 3.05) is 12.0 Å². The predicted octanol–water partition coefficient (Wildman–Crippen LogP) is 3.52. The maximum Gasteiger partial charge on any atom is 0.127 e. The zero-order valence-corrected chi connectivity index (χ0v) is 11.7. The summed E-state index contributed by atoms with van der Waals surface area (Å²) in [5, 5.41) is 4.56. The second-order valence-electron chi connectivity index (χ2n) is 4.27. The third-order valence-electron chi connectivity index (χ3n) is 2.89. The lowest BCUT2D eigenvalue weighted by molar-refractivity contribution is 0.753. The molecule has 4 heteroatoms. The Balaban J connectivity index is 2.23. The molecule has 0 aliphatic rings. The van der Waals surface area contributed by atoms with Crippen molar-refractivity contribution in [3.05, 3.63) is 36.0 Å². The van der Waals surface area contributed by atoms with Crippen LogP contribution in [-0.2, 0) is 6.42 Å². The smallest absolute Gasteiger partial charge is 0.127 e. The molecule has 2 aromatic rings. The zero-order valence-electron chi connectivity index (χ0n) is 10.9. The van der Waals surface area contributed by atoms with Crippen LogP contribution in [0.25, 0.3) is 5.69 Å². The molecule has 3 nitrogen and oxygen atoms in total. The van der Waals surface area contributed by atoms with Crippen molar-refractivity contribution in [2.45, 2.75) is 31.1 Å². The molecule has 1 heterocycles. The maximum atomic E-state index is 6.01. The third-order valence-corrected chi connectivity index (χ3v) is 3.63. The SMILES string of the molecule is CCCCc1cc(N)n(-c2ccc(SC)cc2)n1. The topological polar surface area (TPSA) is 43.8 Å². The summed E-state index contributed by atoms with van der Waals surface area (Å²) in [6.45, 7) is 2.18. The molecular formula is C14H19N3S. The fraction of sp³-hybridized carbons (Fsp3) is 0.357. The van der Waals surface area contributed by atoms with Gasteiger partial charge in [0.25, 0.3) is 0 Å². The van der Waals surface area contributed by atoms with Crippen LogP contribution in [0.3, 0.4) is 0 Å². The van der Waals surface area contributed by atoms with E-state index in [0.29, 0.717) is 5.82 Å². The molecule has 0 amide bonds. The highest BCUT2D eigenvalue weighted by Gasteiger charge is 2.06. The summed E-state index contributed by atoms with van der Waals surface area (Å²) in [5.74, 6) is 0.706. The fourth-order valence-electron chi connectivity index (χ4n) is 1.86. The number of rotatable bonds is 5. The fourth-order valence-corrected chi connectivity index (χ4v) is 2.27. The van der Waals surface area contributed by atoms with E-state index in [1.54, 1.807) is 11.8 Å². The lowest BCUT2D eigenvalue weighted by Gasteiger charge is -2.04. The number of nitrogens with two attached hydrogens (primary N) is 1. The van der Waals surface area contributed by atoms with Crippen LogP contribution in [-0.4, -0.2) is 16.0 Å². The number of aromatic nitrogens is 2. The van der Waals surface area contributed by atoms with Crippen LogP contribution in [0.2, 0.25) is 0 Å². The summed E-state index contributed by atoms with van der Waals surface area (Å²) in [5.41, 5.74) is 8.10. The summed E-state index contributed by atoms with van der Waals surface area (Å²) in [4.78, 5) is 1.25. The zero-order chi connectivity index (χ0) is 13.0. The van der Waals surface area contributed by atoms with Crippen LogP contribution in [0.4, 0.5) is 5.82 Å². The Hall–Kier alpha value is -1.42. The molecule has 1 aromatic carbocycles. The van der Waals surface area contributed by atoms with E-state index in [-0.39, 0.29) is 0 Å². The number of aryl methyl sites for hydroxylation is 1. The van der Waals surface area contributed by atoms with E-state index < -0.39 is 0 Å². The van der Waals surface area contributed by atoms with Gasteiger partial charge in [0.05, 0.1) is 11.4 Å². The van der Waals surface area contributed by atoms with Crippen LogP contribution in [0.1, 0.15) is 25.5 Å². The van der Waals surface area contributed by atoms with Crippen molar-refractivity contribution >= 4 is 17.6 Å². The molecule has 0 radical (unpaired) electrons. The molecule has 0 spiro atoms. The first kappa shape index (κ1) is 13.0. The number of unbranched alkanes of at least 4 members (excludes halogenated alkanes) is 1. The van der Waals surface area contributed by atoms with E-state index in [2.05, 4.69) is 42.5 Å². The first-order valence-electron chi connectivity index (χ1n) is 6.23. The highest BCUT2D eigenvalue weighted by Crippen LogP contribution is 2.20. The van der Waals surface area contributed by atoms with Gasteiger partial charge in [-0.15, -0.1) is 11.8 Å². The Bertz CT molecular complexity index is 502. The molecule has 2 rings (SSSR count). The van der Waals surface area contributed by atoms with E-state index in [9.17, 15) is 0 Å². The van der Waals surface area contributed by atoms with Gasteiger partial charge in [-0.2, -0.15) is 5.10 Å². The summed E-state index contributed by atoms with van der Waals surface area (Å²) in [7, 11) is 0. The molecule has 0 fully saturated rings. The van der Waals surface area contributed by atoms with Gasteiger partial charge in [-0.1, -0.05) is 13.3 Å². The van der Waals surface area contributed by atoms with Gasteiger partial charge >= 0.3 is 0 Å². The Morgan fingerprint density at radius 1 is 1.28 bits per heavy atom. The number of nitrogens with zero attached hydrogens (tertiary/aromatic N) is 2. The van der Waals surface area contributed by atoms with Crippen LogP contribution in [0, 0.1) is 0 Å². The molecule has 0 aliphatic heterocycles. The monoisotopic (exact) mass is 261 g/mol. The van der Waals surface area contributed by atoms with Gasteiger partial charge in [0.15, 0.2) is 0 Å². The van der Waals surface area contributed by atoms with Gasteiger partial charge in [-0.25, -0.2) is 4.68 Å². The molecule has 0 aliphatic carbocycles. The van der Waals surface area contributed by atoms with Crippen molar-refractivity contribution in [2.24, 2.45) is 0 Å². The average Bonchev–Trinajstić information content (AvgIpc) is 2.78. The summed E-state index contributed by atoms with van der Waals surface area (Å²) in [6.07, 6.45) is 5.40. The molecule has 1 aromatic heterocycles. The number of hydrogen-bond donors (Lipinski definition) is 1. The van der Waals surface area contributed by atoms with Crippen LogP contribution < -0.4 is 5.73 Å². The second kappa shape index (κ2) is 5.96. The highest BCUT2D eigenvalue weighted by molar-refractivity contribution is 7.98. The molecule has 0 saturated carbocycles. The number of anilines is 1. The summed E-state index contributed by atoms with van der Waals surface area (Å²) >= 11 is 1.73. The quantitative estimate of drug-likeness (QED) is 0.837.